The van der Waals surface area contributed by atoms with Gasteiger partial charge in [0.2, 0.25) is 0 Å². The largest absolute Gasteiger partial charge is 0.471 e. The molecule has 0 fully saturated rings. The first kappa shape index (κ1) is 26.7. The van der Waals surface area contributed by atoms with E-state index in [9.17, 15) is 57.8 Å². The smallest absolute Gasteiger partial charge is 0.369 e. The fourth-order valence-corrected chi connectivity index (χ4v) is 4.79. The molecule has 3 N–H and O–H groups in total. The summed E-state index contributed by atoms with van der Waals surface area (Å²) < 4.78 is 140. The number of nitrogens with one attached hydrogen (secondary N) is 2. The van der Waals surface area contributed by atoms with E-state index in [2.05, 4.69) is 4.98 Å². The third-order valence-corrected chi connectivity index (χ3v) is 6.92. The molecule has 0 bridgehead atoms. The number of aliphatic hydroxyl groups is 1. The van der Waals surface area contributed by atoms with Gasteiger partial charge in [-0.3, -0.25) is 14.8 Å². The Morgan fingerprint density at radius 2 is 1.45 bits per heavy atom. The molecule has 0 unspecified atom stereocenters. The van der Waals surface area contributed by atoms with Crippen molar-refractivity contribution in [3.05, 3.63) is 35.5 Å². The van der Waals surface area contributed by atoms with Crippen molar-refractivity contribution in [2.75, 3.05) is 10.0 Å². The van der Waals surface area contributed by atoms with Crippen LogP contribution < -0.4 is 10.0 Å². The van der Waals surface area contributed by atoms with Crippen LogP contribution in [-0.2, 0) is 20.4 Å². The lowest BCUT2D eigenvalue weighted by Crippen LogP contribution is -2.53. The minimum absolute atomic E-state index is 0.113. The number of thiazole rings is 1. The van der Waals surface area contributed by atoms with Gasteiger partial charge in [-0.25, -0.2) is 13.4 Å². The summed E-state index contributed by atoms with van der Waals surface area (Å²) >= 11 is 0.113. The zero-order valence-corrected chi connectivity index (χ0v) is 17.3. The van der Waals surface area contributed by atoms with Crippen LogP contribution in [0.3, 0.4) is 0 Å². The normalized spacial score (nSPS) is 13.7. The first-order valence-corrected chi connectivity index (χ1v) is 10.3. The van der Waals surface area contributed by atoms with E-state index in [0.29, 0.717) is 12.1 Å². The van der Waals surface area contributed by atoms with Gasteiger partial charge in [0.1, 0.15) is 0 Å². The number of amides is 1. The van der Waals surface area contributed by atoms with Crippen molar-refractivity contribution in [3.8, 4) is 0 Å². The number of halogens is 9. The van der Waals surface area contributed by atoms with E-state index in [1.54, 1.807) is 4.72 Å². The maximum Gasteiger partial charge on any atom is 0.471 e. The number of sulfonamides is 1. The first-order valence-electron chi connectivity index (χ1n) is 8.05. The van der Waals surface area contributed by atoms with Crippen molar-refractivity contribution in [1.29, 1.82) is 0 Å². The molecule has 0 aliphatic heterocycles. The predicted molar refractivity (Wildman–Crippen MR) is 94.8 cm³/mol. The second-order valence-electron chi connectivity index (χ2n) is 6.23. The maximum atomic E-state index is 12.9. The number of anilines is 2. The monoisotopic (exact) mass is 531 g/mol. The van der Waals surface area contributed by atoms with Gasteiger partial charge in [-0.15, -0.1) is 0 Å². The van der Waals surface area contributed by atoms with Crippen molar-refractivity contribution < 1.29 is 57.8 Å². The summed E-state index contributed by atoms with van der Waals surface area (Å²) in [5, 5.41) is 9.93. The number of carbonyl (C=O) groups excluding carboxylic acids is 1. The van der Waals surface area contributed by atoms with Crippen molar-refractivity contribution in [2.24, 2.45) is 0 Å². The lowest BCUT2D eigenvalue weighted by molar-refractivity contribution is -0.376. The summed E-state index contributed by atoms with van der Waals surface area (Å²) in [5.74, 6) is -2.43. The minimum atomic E-state index is -6.15. The highest BCUT2D eigenvalue weighted by Gasteiger charge is 2.71. The Morgan fingerprint density at radius 1 is 0.970 bits per heavy atom. The van der Waals surface area contributed by atoms with E-state index in [1.807, 2.05) is 0 Å². The fourth-order valence-electron chi connectivity index (χ4n) is 2.32. The van der Waals surface area contributed by atoms with Gasteiger partial charge in [0.15, 0.2) is 9.34 Å². The summed E-state index contributed by atoms with van der Waals surface area (Å²) in [5.41, 5.74) is -7.77. The van der Waals surface area contributed by atoms with Crippen LogP contribution in [0.1, 0.15) is 11.3 Å². The van der Waals surface area contributed by atoms with Gasteiger partial charge in [-0.1, -0.05) is 23.5 Å². The molecular formula is C15H10F9N3O4S2. The van der Waals surface area contributed by atoms with Gasteiger partial charge in [0.25, 0.3) is 15.6 Å². The zero-order valence-electron chi connectivity index (χ0n) is 15.6. The molecule has 33 heavy (non-hydrogen) atoms. The van der Waals surface area contributed by atoms with Crippen LogP contribution in [0, 0.1) is 6.92 Å². The number of rotatable bonds is 5. The van der Waals surface area contributed by atoms with E-state index in [0.717, 1.165) is 6.92 Å². The van der Waals surface area contributed by atoms with Crippen molar-refractivity contribution in [2.45, 2.75) is 35.3 Å². The van der Waals surface area contributed by atoms with E-state index in [-0.39, 0.29) is 29.2 Å². The Hall–Kier alpha value is -2.60. The molecule has 0 saturated heterocycles. The zero-order chi connectivity index (χ0) is 25.6. The van der Waals surface area contributed by atoms with Crippen LogP contribution in [0.4, 0.5) is 50.3 Å². The van der Waals surface area contributed by atoms with E-state index in [4.69, 9.17) is 0 Å². The SMILES string of the molecule is Cc1nc(NC(=O)C(F)(F)F)sc1S(=O)(=O)Nc1ccc(C(O)(C(F)(F)F)C(F)(F)F)cc1. The molecule has 18 heteroatoms. The summed E-state index contributed by atoms with van der Waals surface area (Å²) in [6, 6.07) is 1.37. The molecule has 2 rings (SSSR count). The number of aromatic nitrogens is 1. The molecule has 1 amide bonds. The van der Waals surface area contributed by atoms with Crippen molar-refractivity contribution in [3.63, 3.8) is 0 Å². The molecule has 0 atom stereocenters. The second kappa shape index (κ2) is 8.32. The van der Waals surface area contributed by atoms with Crippen molar-refractivity contribution in [1.82, 2.24) is 4.98 Å². The lowest BCUT2D eigenvalue weighted by atomic mass is 9.92. The number of carbonyl (C=O) groups is 1. The Morgan fingerprint density at radius 3 is 1.88 bits per heavy atom. The second-order valence-corrected chi connectivity index (χ2v) is 9.11. The Labute approximate surface area is 182 Å². The molecule has 184 valence electrons. The highest BCUT2D eigenvalue weighted by atomic mass is 32.2. The average molecular weight is 531 g/mol. The van der Waals surface area contributed by atoms with E-state index in [1.165, 1.54) is 5.32 Å². The highest BCUT2D eigenvalue weighted by Crippen LogP contribution is 2.50. The summed E-state index contributed by atoms with van der Waals surface area (Å²) in [7, 11) is -4.63. The first-order chi connectivity index (χ1) is 14.7. The van der Waals surface area contributed by atoms with Crippen LogP contribution in [0.25, 0.3) is 0 Å². The van der Waals surface area contributed by atoms with Gasteiger partial charge in [0.05, 0.1) is 5.69 Å². The van der Waals surface area contributed by atoms with Crippen LogP contribution in [-0.4, -0.2) is 42.9 Å². The van der Waals surface area contributed by atoms with Gasteiger partial charge in [0, 0.05) is 11.3 Å². The summed E-state index contributed by atoms with van der Waals surface area (Å²) in [6.07, 6.45) is -17.6. The minimum Gasteiger partial charge on any atom is -0.369 e. The highest BCUT2D eigenvalue weighted by molar-refractivity contribution is 7.94. The molecular weight excluding hydrogens is 521 g/mol. The van der Waals surface area contributed by atoms with Crippen LogP contribution in [0.5, 0.6) is 0 Å². The predicted octanol–water partition coefficient (Wildman–Crippen LogP) is 4.07. The molecule has 0 saturated carbocycles. The molecule has 1 aromatic heterocycles. The van der Waals surface area contributed by atoms with Crippen LogP contribution >= 0.6 is 11.3 Å². The van der Waals surface area contributed by atoms with Gasteiger partial charge < -0.3 is 5.11 Å². The number of benzene rings is 1. The molecule has 1 heterocycles. The number of alkyl halides is 9. The Bertz CT molecular complexity index is 1120. The quantitative estimate of drug-likeness (QED) is 0.505. The number of hydrogen-bond acceptors (Lipinski definition) is 6. The third-order valence-electron chi connectivity index (χ3n) is 3.85. The molecule has 0 radical (unpaired) electrons. The van der Waals surface area contributed by atoms with Crippen LogP contribution in [0.15, 0.2) is 28.5 Å². The standard InChI is InChI=1S/C15H10F9N3O4S2/c1-6-9(32-11(25-6)26-10(28)13(16,17)18)33(30,31)27-8-4-2-7(3-5-8)12(29,14(19,20)21)15(22,23)24/h2-5,27,29H,1H3,(H,25,26,28). The van der Waals surface area contributed by atoms with Gasteiger partial charge >= 0.3 is 24.4 Å². The number of hydrogen-bond donors (Lipinski definition) is 3. The topological polar surface area (TPSA) is 108 Å². The lowest BCUT2D eigenvalue weighted by Gasteiger charge is -2.32. The van der Waals surface area contributed by atoms with E-state index < -0.39 is 60.7 Å². The van der Waals surface area contributed by atoms with Gasteiger partial charge in [-0.05, 0) is 19.1 Å². The van der Waals surface area contributed by atoms with Crippen molar-refractivity contribution >= 4 is 38.1 Å². The van der Waals surface area contributed by atoms with Crippen LogP contribution in [0.2, 0.25) is 0 Å². The third kappa shape index (κ3) is 5.32. The molecule has 0 spiro atoms. The van der Waals surface area contributed by atoms with Gasteiger partial charge in [-0.2, -0.15) is 39.5 Å². The Kier molecular flexibility index (Phi) is 6.72. The van der Waals surface area contributed by atoms with E-state index >= 15 is 0 Å². The fraction of sp³-hybridized carbons (Fsp3) is 0.333. The molecule has 1 aromatic carbocycles. The maximum absolute atomic E-state index is 12.9. The average Bonchev–Trinajstić information content (AvgIpc) is 3.00. The summed E-state index contributed by atoms with van der Waals surface area (Å²) in [4.78, 5) is 14.4. The molecule has 0 aliphatic carbocycles. The molecule has 2 aromatic rings. The Balaban J connectivity index is 2.33. The molecule has 7 nitrogen and oxygen atoms in total. The number of aryl methyl sites for hydroxylation is 1. The molecule has 0 aliphatic rings. The summed E-state index contributed by atoms with van der Waals surface area (Å²) in [6.45, 7) is 1.06. The number of nitrogens with zero attached hydrogens (tertiary/aromatic N) is 1.